The average Bonchev–Trinajstić information content (AvgIpc) is 3.25. The molecular formula is C19H16ClF2N7. The van der Waals surface area contributed by atoms with E-state index in [0.717, 1.165) is 0 Å². The van der Waals surface area contributed by atoms with Crippen LogP contribution in [0.15, 0.2) is 59.3 Å². The van der Waals surface area contributed by atoms with E-state index < -0.39 is 11.7 Å². The summed E-state index contributed by atoms with van der Waals surface area (Å²) in [4.78, 5) is 0. The number of H-pyrrole nitrogens is 1. The van der Waals surface area contributed by atoms with E-state index >= 15 is 0 Å². The first-order chi connectivity index (χ1) is 13.8. The lowest BCUT2D eigenvalue weighted by Crippen LogP contribution is -2.22. The third kappa shape index (κ3) is 4.38. The van der Waals surface area contributed by atoms with Crippen molar-refractivity contribution in [3.8, 4) is 6.07 Å². The van der Waals surface area contributed by atoms with Gasteiger partial charge in [0, 0.05) is 16.2 Å². The predicted octanol–water partition coefficient (Wildman–Crippen LogP) is 3.75. The Morgan fingerprint density at radius 2 is 2.17 bits per heavy atom. The van der Waals surface area contributed by atoms with Crippen LogP contribution in [0.4, 0.5) is 8.78 Å². The summed E-state index contributed by atoms with van der Waals surface area (Å²) in [5.41, 5.74) is 1.66. The van der Waals surface area contributed by atoms with E-state index in [2.05, 4.69) is 38.4 Å². The maximum Gasteiger partial charge on any atom is 0.332 e. The molecule has 29 heavy (non-hydrogen) atoms. The second kappa shape index (κ2) is 8.32. The van der Waals surface area contributed by atoms with Gasteiger partial charge in [0.15, 0.2) is 0 Å². The molecule has 2 heterocycles. The normalized spacial score (nSPS) is 19.8. The lowest BCUT2D eigenvalue weighted by Gasteiger charge is -2.21. The van der Waals surface area contributed by atoms with Crippen molar-refractivity contribution in [3.63, 3.8) is 0 Å². The molecule has 7 nitrogen and oxygen atoms in total. The zero-order chi connectivity index (χ0) is 21.0. The molecule has 0 radical (unpaired) electrons. The zero-order valence-electron chi connectivity index (χ0n) is 15.4. The number of nitrogens with one attached hydrogen (secondary N) is 1. The predicted molar refractivity (Wildman–Crippen MR) is 104 cm³/mol. The van der Waals surface area contributed by atoms with Gasteiger partial charge in [-0.15, -0.1) is 5.10 Å². The number of allylic oxidation sites excluding steroid dienone is 4. The van der Waals surface area contributed by atoms with Crippen molar-refractivity contribution in [3.05, 3.63) is 76.1 Å². The maximum atomic E-state index is 14.8. The Balaban J connectivity index is 1.98. The molecule has 1 aromatic carbocycles. The van der Waals surface area contributed by atoms with Gasteiger partial charge in [-0.2, -0.15) is 19.1 Å². The summed E-state index contributed by atoms with van der Waals surface area (Å²) in [6, 6.07) is 7.06. The molecule has 1 aliphatic heterocycles. The number of alkyl halides is 2. The SMILES string of the molecule is C=C1/C=C\C(C(F)(F)c2nnn[nH]2)=C/CN(Cc2c(Cl)cccc2C#N)/N=C\1C. The molecule has 1 aliphatic rings. The first kappa shape index (κ1) is 20.4. The molecule has 0 spiro atoms. The average molecular weight is 416 g/mol. The van der Waals surface area contributed by atoms with E-state index in [0.29, 0.717) is 27.4 Å². The van der Waals surface area contributed by atoms with Gasteiger partial charge in [-0.05, 0) is 35.1 Å². The number of nitriles is 1. The minimum Gasteiger partial charge on any atom is -0.288 e. The number of tetrazole rings is 1. The molecule has 0 bridgehead atoms. The molecule has 10 heteroatoms. The summed E-state index contributed by atoms with van der Waals surface area (Å²) in [6.45, 7) is 5.79. The third-order valence-electron chi connectivity index (χ3n) is 4.33. The van der Waals surface area contributed by atoms with Gasteiger partial charge >= 0.3 is 5.92 Å². The van der Waals surface area contributed by atoms with Gasteiger partial charge in [0.2, 0.25) is 5.82 Å². The fourth-order valence-corrected chi connectivity index (χ4v) is 2.90. The number of hydrazone groups is 1. The maximum absolute atomic E-state index is 14.8. The quantitative estimate of drug-likeness (QED) is 0.820. The second-order valence-electron chi connectivity index (χ2n) is 6.25. The summed E-state index contributed by atoms with van der Waals surface area (Å²) in [5.74, 6) is -4.10. The smallest absolute Gasteiger partial charge is 0.288 e. The summed E-state index contributed by atoms with van der Waals surface area (Å²) < 4.78 is 29.7. The number of hydrogen-bond acceptors (Lipinski definition) is 6. The number of aromatic nitrogens is 4. The molecule has 2 aromatic rings. The van der Waals surface area contributed by atoms with Crippen LogP contribution in [0.25, 0.3) is 0 Å². The fraction of sp³-hybridized carbons (Fsp3) is 0.211. The Labute approximate surface area is 170 Å². The Bertz CT molecular complexity index is 1050. The molecule has 0 amide bonds. The number of hydrogen-bond donors (Lipinski definition) is 1. The summed E-state index contributed by atoms with van der Waals surface area (Å²) in [6.07, 6.45) is 4.06. The van der Waals surface area contributed by atoms with Crippen molar-refractivity contribution >= 4 is 17.3 Å². The van der Waals surface area contributed by atoms with E-state index in [1.165, 1.54) is 18.2 Å². The van der Waals surface area contributed by atoms with E-state index in [4.69, 9.17) is 11.6 Å². The molecule has 1 N–H and O–H groups in total. The van der Waals surface area contributed by atoms with Gasteiger partial charge in [-0.25, -0.2) is 5.10 Å². The Morgan fingerprint density at radius 3 is 2.86 bits per heavy atom. The molecule has 3 rings (SSSR count). The molecular weight excluding hydrogens is 400 g/mol. The van der Waals surface area contributed by atoms with Crippen molar-refractivity contribution in [1.82, 2.24) is 25.6 Å². The van der Waals surface area contributed by atoms with Crippen LogP contribution in [0.3, 0.4) is 0 Å². The van der Waals surface area contributed by atoms with Gasteiger partial charge in [-0.3, -0.25) is 5.01 Å². The van der Waals surface area contributed by atoms with Crippen LogP contribution in [-0.2, 0) is 12.5 Å². The highest BCUT2D eigenvalue weighted by atomic mass is 35.5. The van der Waals surface area contributed by atoms with Gasteiger partial charge < -0.3 is 0 Å². The van der Waals surface area contributed by atoms with Crippen molar-refractivity contribution < 1.29 is 8.78 Å². The topological polar surface area (TPSA) is 93.9 Å². The lowest BCUT2D eigenvalue weighted by atomic mass is 10.0. The van der Waals surface area contributed by atoms with E-state index in [1.54, 1.807) is 30.1 Å². The van der Waals surface area contributed by atoms with Crippen molar-refractivity contribution in [2.75, 3.05) is 6.54 Å². The van der Waals surface area contributed by atoms with E-state index in [9.17, 15) is 14.0 Å². The van der Waals surface area contributed by atoms with Crippen LogP contribution < -0.4 is 0 Å². The second-order valence-corrected chi connectivity index (χ2v) is 6.66. The largest absolute Gasteiger partial charge is 0.332 e. The summed E-state index contributed by atoms with van der Waals surface area (Å²) in [5, 5.41) is 27.6. The molecule has 0 saturated heterocycles. The monoisotopic (exact) mass is 415 g/mol. The van der Waals surface area contributed by atoms with Crippen LogP contribution in [-0.4, -0.2) is 37.9 Å². The standard InChI is InChI=1S/C19H16ClF2N7/c1-12-6-7-15(19(21,22)18-24-27-28-25-18)8-9-29(26-13(12)2)11-16-14(10-23)4-3-5-17(16)20/h3-8H,1,9,11H2,2H3,(H,24,25,27,28)/b7-6-,15-8+,26-13-. The fourth-order valence-electron chi connectivity index (χ4n) is 2.67. The first-order valence-corrected chi connectivity index (χ1v) is 8.88. The van der Waals surface area contributed by atoms with Crippen LogP contribution in [0.1, 0.15) is 23.9 Å². The molecule has 0 atom stereocenters. The van der Waals surface area contributed by atoms with Crippen LogP contribution in [0.2, 0.25) is 5.02 Å². The lowest BCUT2D eigenvalue weighted by molar-refractivity contribution is 0.0314. The molecule has 0 unspecified atom stereocenters. The first-order valence-electron chi connectivity index (χ1n) is 8.50. The van der Waals surface area contributed by atoms with Crippen LogP contribution >= 0.6 is 11.6 Å². The molecule has 0 aliphatic carbocycles. The molecule has 148 valence electrons. The van der Waals surface area contributed by atoms with E-state index in [1.807, 2.05) is 0 Å². The van der Waals surface area contributed by atoms with Crippen molar-refractivity contribution in [2.24, 2.45) is 5.10 Å². The minimum atomic E-state index is -3.44. The highest BCUT2D eigenvalue weighted by Crippen LogP contribution is 2.34. The third-order valence-corrected chi connectivity index (χ3v) is 4.68. The van der Waals surface area contributed by atoms with E-state index in [-0.39, 0.29) is 18.7 Å². The Kier molecular flexibility index (Phi) is 5.84. The minimum absolute atomic E-state index is 0.0392. The summed E-state index contributed by atoms with van der Waals surface area (Å²) >= 11 is 6.25. The molecule has 0 saturated carbocycles. The van der Waals surface area contributed by atoms with Crippen molar-refractivity contribution in [2.45, 2.75) is 19.4 Å². The molecule has 0 fully saturated rings. The highest BCUT2D eigenvalue weighted by Gasteiger charge is 2.39. The number of rotatable bonds is 4. The van der Waals surface area contributed by atoms with Crippen LogP contribution in [0, 0.1) is 11.3 Å². The highest BCUT2D eigenvalue weighted by molar-refractivity contribution is 6.31. The number of benzene rings is 1. The number of aromatic amines is 1. The Hall–Kier alpha value is -3.38. The van der Waals surface area contributed by atoms with Gasteiger partial charge in [-0.1, -0.05) is 42.5 Å². The van der Waals surface area contributed by atoms with Crippen LogP contribution in [0.5, 0.6) is 0 Å². The zero-order valence-corrected chi connectivity index (χ0v) is 16.2. The summed E-state index contributed by atoms with van der Waals surface area (Å²) in [7, 11) is 0. The van der Waals surface area contributed by atoms with Gasteiger partial charge in [0.25, 0.3) is 0 Å². The number of halogens is 3. The number of nitrogens with zero attached hydrogens (tertiary/aromatic N) is 6. The van der Waals surface area contributed by atoms with Crippen molar-refractivity contribution in [1.29, 1.82) is 5.26 Å². The van der Waals surface area contributed by atoms with Gasteiger partial charge in [0.05, 0.1) is 30.4 Å². The Morgan fingerprint density at radius 1 is 1.38 bits per heavy atom. The van der Waals surface area contributed by atoms with Gasteiger partial charge in [0.1, 0.15) is 0 Å². The molecule has 1 aromatic heterocycles.